The topological polar surface area (TPSA) is 40.6 Å². The van der Waals surface area contributed by atoms with Crippen molar-refractivity contribution >= 4 is 29.7 Å². The number of carbonyl (C=O) groups excluding carboxylic acids is 2. The molecule has 3 rings (SSSR count). The maximum atomic E-state index is 14.4. The number of benzene rings is 2. The standard InChI is InChI=1S/C27H33FN2O2S/c1-29(26(31)16-19-33-2)25(20-23-10-6-7-11-24(23)28)22-14-17-30(18-15-22)27(32)13-12-21-8-4-3-5-9-21/h3-13,22,25H,14-20H2,1-2H3/b13-12+. The summed E-state index contributed by atoms with van der Waals surface area (Å²) in [7, 11) is 1.84. The van der Waals surface area contributed by atoms with Crippen LogP contribution in [0.15, 0.2) is 60.7 Å². The zero-order valence-corrected chi connectivity index (χ0v) is 20.3. The van der Waals surface area contributed by atoms with Crippen molar-refractivity contribution < 1.29 is 14.0 Å². The Morgan fingerprint density at radius 1 is 1.12 bits per heavy atom. The van der Waals surface area contributed by atoms with E-state index in [0.717, 1.165) is 24.2 Å². The van der Waals surface area contributed by atoms with Crippen LogP contribution in [0, 0.1) is 11.7 Å². The Bertz CT molecular complexity index is 942. The minimum Gasteiger partial charge on any atom is -0.342 e. The van der Waals surface area contributed by atoms with Gasteiger partial charge < -0.3 is 9.80 Å². The van der Waals surface area contributed by atoms with Gasteiger partial charge in [0.1, 0.15) is 5.82 Å². The highest BCUT2D eigenvalue weighted by Crippen LogP contribution is 2.28. The molecule has 1 aliphatic rings. The number of hydrogen-bond acceptors (Lipinski definition) is 3. The van der Waals surface area contributed by atoms with Gasteiger partial charge in [0.05, 0.1) is 0 Å². The lowest BCUT2D eigenvalue weighted by atomic mass is 9.84. The predicted molar refractivity (Wildman–Crippen MR) is 134 cm³/mol. The Kier molecular flexibility index (Phi) is 9.55. The third-order valence-corrected chi connectivity index (χ3v) is 7.02. The van der Waals surface area contributed by atoms with Crippen LogP contribution < -0.4 is 0 Å². The molecule has 0 aliphatic carbocycles. The second-order valence-corrected chi connectivity index (χ2v) is 9.50. The minimum atomic E-state index is -0.230. The summed E-state index contributed by atoms with van der Waals surface area (Å²) in [6.07, 6.45) is 8.02. The van der Waals surface area contributed by atoms with Gasteiger partial charge in [-0.25, -0.2) is 4.39 Å². The number of halogens is 1. The number of likely N-dealkylation sites (N-methyl/N-ethyl adjacent to an activating group) is 1. The fourth-order valence-corrected chi connectivity index (χ4v) is 4.78. The molecule has 1 atom stereocenters. The summed E-state index contributed by atoms with van der Waals surface area (Å²) in [6.45, 7) is 1.28. The molecule has 0 saturated carbocycles. The molecule has 0 radical (unpaired) electrons. The van der Waals surface area contributed by atoms with Gasteiger partial charge in [-0.1, -0.05) is 48.5 Å². The summed E-state index contributed by atoms with van der Waals surface area (Å²) in [5, 5.41) is 0. The molecule has 1 saturated heterocycles. The van der Waals surface area contributed by atoms with E-state index in [2.05, 4.69) is 0 Å². The summed E-state index contributed by atoms with van der Waals surface area (Å²) in [5.74, 6) is 0.861. The second-order valence-electron chi connectivity index (χ2n) is 8.52. The zero-order chi connectivity index (χ0) is 23.6. The van der Waals surface area contributed by atoms with Crippen molar-refractivity contribution in [1.29, 1.82) is 0 Å². The third kappa shape index (κ3) is 7.19. The second kappa shape index (κ2) is 12.6. The van der Waals surface area contributed by atoms with E-state index >= 15 is 0 Å². The van der Waals surface area contributed by atoms with Crippen LogP contribution in [-0.2, 0) is 16.0 Å². The maximum absolute atomic E-state index is 14.4. The molecule has 6 heteroatoms. The van der Waals surface area contributed by atoms with E-state index in [-0.39, 0.29) is 29.6 Å². The third-order valence-electron chi connectivity index (χ3n) is 6.41. The number of carbonyl (C=O) groups is 2. The van der Waals surface area contributed by atoms with Crippen LogP contribution in [0.4, 0.5) is 4.39 Å². The summed E-state index contributed by atoms with van der Waals surface area (Å²) in [4.78, 5) is 29.2. The smallest absolute Gasteiger partial charge is 0.246 e. The first-order valence-electron chi connectivity index (χ1n) is 11.5. The van der Waals surface area contributed by atoms with Gasteiger partial charge in [-0.05, 0) is 54.7 Å². The molecule has 0 spiro atoms. The molecule has 1 aliphatic heterocycles. The van der Waals surface area contributed by atoms with Crippen molar-refractivity contribution in [3.63, 3.8) is 0 Å². The molecule has 4 nitrogen and oxygen atoms in total. The Hall–Kier alpha value is -2.60. The molecule has 0 aromatic heterocycles. The van der Waals surface area contributed by atoms with Gasteiger partial charge >= 0.3 is 0 Å². The summed E-state index contributed by atoms with van der Waals surface area (Å²) in [5.41, 5.74) is 1.63. The molecular formula is C27H33FN2O2S. The Balaban J connectivity index is 1.66. The van der Waals surface area contributed by atoms with Gasteiger partial charge in [0.15, 0.2) is 0 Å². The van der Waals surface area contributed by atoms with Crippen LogP contribution >= 0.6 is 11.8 Å². The van der Waals surface area contributed by atoms with E-state index in [9.17, 15) is 14.0 Å². The first-order chi connectivity index (χ1) is 16.0. The number of nitrogens with zero attached hydrogens (tertiary/aromatic N) is 2. The fourth-order valence-electron chi connectivity index (χ4n) is 4.40. The molecular weight excluding hydrogens is 435 g/mol. The molecule has 1 heterocycles. The van der Waals surface area contributed by atoms with E-state index in [4.69, 9.17) is 0 Å². The molecule has 176 valence electrons. The maximum Gasteiger partial charge on any atom is 0.246 e. The van der Waals surface area contributed by atoms with Gasteiger partial charge in [0.2, 0.25) is 11.8 Å². The number of hydrogen-bond donors (Lipinski definition) is 0. The van der Waals surface area contributed by atoms with Gasteiger partial charge in [-0.3, -0.25) is 9.59 Å². The van der Waals surface area contributed by atoms with Crippen LogP contribution in [0.3, 0.4) is 0 Å². The van der Waals surface area contributed by atoms with Crippen LogP contribution in [0.2, 0.25) is 0 Å². The van der Waals surface area contributed by atoms with Crippen molar-refractivity contribution in [2.75, 3.05) is 32.1 Å². The molecule has 1 fully saturated rings. The molecule has 2 amide bonds. The number of thioether (sulfide) groups is 1. The van der Waals surface area contributed by atoms with E-state index in [0.29, 0.717) is 31.5 Å². The van der Waals surface area contributed by atoms with E-state index < -0.39 is 0 Å². The lowest BCUT2D eigenvalue weighted by Gasteiger charge is -2.40. The van der Waals surface area contributed by atoms with E-state index in [1.54, 1.807) is 30.0 Å². The van der Waals surface area contributed by atoms with Crippen LogP contribution in [0.5, 0.6) is 0 Å². The van der Waals surface area contributed by atoms with Crippen LogP contribution in [-0.4, -0.2) is 59.8 Å². The van der Waals surface area contributed by atoms with Crippen molar-refractivity contribution in [1.82, 2.24) is 9.80 Å². The summed E-state index contributed by atoms with van der Waals surface area (Å²) in [6, 6.07) is 16.5. The average molecular weight is 469 g/mol. The monoisotopic (exact) mass is 468 g/mol. The lowest BCUT2D eigenvalue weighted by Crippen LogP contribution is -2.48. The van der Waals surface area contributed by atoms with Gasteiger partial charge in [-0.2, -0.15) is 11.8 Å². The molecule has 0 bridgehead atoms. The largest absolute Gasteiger partial charge is 0.342 e. The fraction of sp³-hybridized carbons (Fsp3) is 0.407. The summed E-state index contributed by atoms with van der Waals surface area (Å²) >= 11 is 1.65. The SMILES string of the molecule is CSCCC(=O)N(C)C(Cc1ccccc1F)C1CCN(C(=O)/C=C/c2ccccc2)CC1. The van der Waals surface area contributed by atoms with Crippen molar-refractivity contribution in [2.45, 2.75) is 31.7 Å². The predicted octanol–water partition coefficient (Wildman–Crippen LogP) is 4.90. The quantitative estimate of drug-likeness (QED) is 0.492. The van der Waals surface area contributed by atoms with Gasteiger partial charge in [-0.15, -0.1) is 0 Å². The van der Waals surface area contributed by atoms with Crippen LogP contribution in [0.25, 0.3) is 6.08 Å². The van der Waals surface area contributed by atoms with Gasteiger partial charge in [0.25, 0.3) is 0 Å². The summed E-state index contributed by atoms with van der Waals surface area (Å²) < 4.78 is 14.4. The van der Waals surface area contributed by atoms with Crippen molar-refractivity contribution in [2.24, 2.45) is 5.92 Å². The average Bonchev–Trinajstić information content (AvgIpc) is 2.85. The number of amides is 2. The Morgan fingerprint density at radius 2 is 1.79 bits per heavy atom. The first-order valence-corrected chi connectivity index (χ1v) is 12.9. The van der Waals surface area contributed by atoms with Crippen LogP contribution in [0.1, 0.15) is 30.4 Å². The van der Waals surface area contributed by atoms with Crippen molar-refractivity contribution in [3.05, 3.63) is 77.6 Å². The lowest BCUT2D eigenvalue weighted by molar-refractivity contribution is -0.134. The Morgan fingerprint density at radius 3 is 2.45 bits per heavy atom. The zero-order valence-electron chi connectivity index (χ0n) is 19.5. The highest BCUT2D eigenvalue weighted by atomic mass is 32.2. The molecule has 2 aromatic carbocycles. The Labute approximate surface area is 200 Å². The molecule has 0 N–H and O–H groups in total. The molecule has 1 unspecified atom stereocenters. The molecule has 33 heavy (non-hydrogen) atoms. The molecule has 2 aromatic rings. The first kappa shape index (κ1) is 25.0. The number of rotatable bonds is 9. The van der Waals surface area contributed by atoms with Crippen molar-refractivity contribution in [3.8, 4) is 0 Å². The number of piperidine rings is 1. The van der Waals surface area contributed by atoms with E-state index in [1.807, 2.05) is 65.6 Å². The highest BCUT2D eigenvalue weighted by Gasteiger charge is 2.32. The van der Waals surface area contributed by atoms with Gasteiger partial charge in [0, 0.05) is 44.4 Å². The normalized spacial score (nSPS) is 15.5. The highest BCUT2D eigenvalue weighted by molar-refractivity contribution is 7.98. The van der Waals surface area contributed by atoms with E-state index in [1.165, 1.54) is 6.07 Å². The number of likely N-dealkylation sites (tertiary alicyclic amines) is 1. The minimum absolute atomic E-state index is 0.00681.